The van der Waals surface area contributed by atoms with E-state index in [2.05, 4.69) is 31.7 Å². The van der Waals surface area contributed by atoms with Crippen LogP contribution in [0.3, 0.4) is 0 Å². The van der Waals surface area contributed by atoms with Crippen molar-refractivity contribution in [3.8, 4) is 0 Å². The third-order valence-corrected chi connectivity index (χ3v) is 6.83. The normalized spacial score (nSPS) is 11.3. The molecule has 6 N–H and O–H groups in total. The SMILES string of the molecule is CC(=O)C(=NNc1cc(C(=O)O)ccc1Cl)C(=O)Nc1cc(C)c(NC(=O)C(=NNc2cc(C(=O)O)ccc2Cl)C(C)=O)cc1C. The number of nitrogens with one attached hydrogen (secondary N) is 4. The number of aryl methyl sites for hydroxylation is 2. The summed E-state index contributed by atoms with van der Waals surface area (Å²) in [5.74, 6) is -5.59. The molecule has 0 atom stereocenters. The molecule has 0 aromatic heterocycles. The quantitative estimate of drug-likeness (QED) is 0.0862. The molecule has 2 amide bonds. The highest BCUT2D eigenvalue weighted by molar-refractivity contribution is 6.68. The van der Waals surface area contributed by atoms with E-state index in [9.17, 15) is 39.0 Å². The molecular formula is C30H26Cl2N6O8. The highest BCUT2D eigenvalue weighted by Crippen LogP contribution is 2.26. The van der Waals surface area contributed by atoms with Crippen molar-refractivity contribution in [1.29, 1.82) is 0 Å². The first-order valence-corrected chi connectivity index (χ1v) is 13.8. The fourth-order valence-corrected chi connectivity index (χ4v) is 4.07. The first kappa shape index (κ1) is 34.9. The minimum Gasteiger partial charge on any atom is -0.478 e. The predicted molar refractivity (Wildman–Crippen MR) is 173 cm³/mol. The van der Waals surface area contributed by atoms with Crippen molar-refractivity contribution in [3.63, 3.8) is 0 Å². The summed E-state index contributed by atoms with van der Waals surface area (Å²) in [6.45, 7) is 5.46. The molecule has 0 aliphatic heterocycles. The molecule has 0 fully saturated rings. The number of hydrogen-bond donors (Lipinski definition) is 6. The van der Waals surface area contributed by atoms with Gasteiger partial charge in [-0.15, -0.1) is 0 Å². The summed E-state index contributed by atoms with van der Waals surface area (Å²) in [5, 5.41) is 31.4. The van der Waals surface area contributed by atoms with Crippen LogP contribution in [0, 0.1) is 13.8 Å². The molecule has 0 saturated heterocycles. The standard InChI is InChI=1S/C30H26Cl2N6O8/c1-13-9-22(34-28(42)26(16(4)40)38-36-24-12-18(30(45)46)6-8-20(24)32)14(2)10-21(13)33-27(41)25(15(3)39)37-35-23-11-17(29(43)44)5-7-19(23)31/h5-12,35-36H,1-4H3,(H,33,41)(H,34,42)(H,43,44)(H,45,46). The summed E-state index contributed by atoms with van der Waals surface area (Å²) in [5.41, 5.74) is 5.22. The fourth-order valence-electron chi connectivity index (χ4n) is 3.75. The number of anilines is 4. The molecule has 46 heavy (non-hydrogen) atoms. The van der Waals surface area contributed by atoms with Gasteiger partial charge in [-0.1, -0.05) is 23.2 Å². The first-order chi connectivity index (χ1) is 21.6. The Morgan fingerprint density at radius 3 is 1.24 bits per heavy atom. The Morgan fingerprint density at radius 2 is 0.935 bits per heavy atom. The fraction of sp³-hybridized carbons (Fsp3) is 0.133. The highest BCUT2D eigenvalue weighted by Gasteiger charge is 2.21. The topological polar surface area (TPSA) is 216 Å². The number of rotatable bonds is 12. The van der Waals surface area contributed by atoms with Crippen molar-refractivity contribution in [3.05, 3.63) is 80.8 Å². The Labute approximate surface area is 271 Å². The van der Waals surface area contributed by atoms with Crippen LogP contribution >= 0.6 is 23.2 Å². The Balaban J connectivity index is 1.80. The number of hydrazone groups is 2. The van der Waals surface area contributed by atoms with E-state index in [-0.39, 0.29) is 43.9 Å². The van der Waals surface area contributed by atoms with Gasteiger partial charge in [0, 0.05) is 25.2 Å². The number of halogens is 2. The maximum Gasteiger partial charge on any atom is 0.335 e. The average molecular weight is 669 g/mol. The molecule has 0 spiro atoms. The van der Waals surface area contributed by atoms with E-state index in [1.165, 1.54) is 48.5 Å². The lowest BCUT2D eigenvalue weighted by molar-refractivity contribution is -0.116. The molecule has 0 bridgehead atoms. The van der Waals surface area contributed by atoms with Crippen molar-refractivity contribution in [2.75, 3.05) is 21.5 Å². The van der Waals surface area contributed by atoms with Crippen molar-refractivity contribution < 1.29 is 39.0 Å². The van der Waals surface area contributed by atoms with Crippen LogP contribution in [0.25, 0.3) is 0 Å². The summed E-state index contributed by atoms with van der Waals surface area (Å²) in [4.78, 5) is 73.0. The Morgan fingerprint density at radius 1 is 0.587 bits per heavy atom. The van der Waals surface area contributed by atoms with Gasteiger partial charge in [0.15, 0.2) is 23.0 Å². The molecule has 3 aromatic carbocycles. The third kappa shape index (κ3) is 8.74. The van der Waals surface area contributed by atoms with Crippen molar-refractivity contribution >= 4 is 92.7 Å². The van der Waals surface area contributed by atoms with Crippen LogP contribution in [-0.2, 0) is 19.2 Å². The van der Waals surface area contributed by atoms with E-state index >= 15 is 0 Å². The van der Waals surface area contributed by atoms with Crippen LogP contribution in [0.15, 0.2) is 58.7 Å². The second kappa shape index (κ2) is 14.9. The van der Waals surface area contributed by atoms with Crippen LogP contribution < -0.4 is 21.5 Å². The largest absolute Gasteiger partial charge is 0.478 e. The molecule has 0 aliphatic rings. The van der Waals surface area contributed by atoms with Crippen LogP contribution in [-0.4, -0.2) is 57.0 Å². The van der Waals surface area contributed by atoms with Crippen molar-refractivity contribution in [2.24, 2.45) is 10.2 Å². The summed E-state index contributed by atoms with van der Waals surface area (Å²) >= 11 is 12.1. The average Bonchev–Trinajstić information content (AvgIpc) is 2.97. The molecule has 0 saturated carbocycles. The Hall–Kier alpha value is -5.60. The third-order valence-electron chi connectivity index (χ3n) is 6.17. The number of nitrogens with zero attached hydrogens (tertiary/aromatic N) is 2. The van der Waals surface area contributed by atoms with Gasteiger partial charge in [-0.2, -0.15) is 10.2 Å². The van der Waals surface area contributed by atoms with Crippen LogP contribution in [0.2, 0.25) is 10.0 Å². The van der Waals surface area contributed by atoms with Gasteiger partial charge in [-0.25, -0.2) is 9.59 Å². The summed E-state index contributed by atoms with van der Waals surface area (Å²) in [6.07, 6.45) is 0. The monoisotopic (exact) mass is 668 g/mol. The van der Waals surface area contributed by atoms with Gasteiger partial charge in [0.2, 0.25) is 0 Å². The molecule has 3 aromatic rings. The number of carbonyl (C=O) groups is 6. The van der Waals surface area contributed by atoms with E-state index in [1.54, 1.807) is 13.8 Å². The number of carbonyl (C=O) groups excluding carboxylic acids is 4. The van der Waals surface area contributed by atoms with E-state index < -0.39 is 46.7 Å². The summed E-state index contributed by atoms with van der Waals surface area (Å²) in [6, 6.07) is 10.6. The molecule has 0 unspecified atom stereocenters. The molecule has 238 valence electrons. The number of amides is 2. The number of ketones is 2. The number of aromatic carboxylic acids is 2. The van der Waals surface area contributed by atoms with Gasteiger partial charge < -0.3 is 20.8 Å². The van der Waals surface area contributed by atoms with Gasteiger partial charge in [0.05, 0.1) is 32.5 Å². The zero-order valence-corrected chi connectivity index (χ0v) is 26.1. The summed E-state index contributed by atoms with van der Waals surface area (Å²) in [7, 11) is 0. The molecule has 0 radical (unpaired) electrons. The lowest BCUT2D eigenvalue weighted by atomic mass is 10.1. The number of Topliss-reactive ketones (excluding diaryl/α,β-unsaturated/α-hetero) is 2. The Bertz CT molecular complexity index is 1720. The molecular weight excluding hydrogens is 643 g/mol. The zero-order chi connectivity index (χ0) is 34.3. The number of benzene rings is 3. The van der Waals surface area contributed by atoms with E-state index in [0.29, 0.717) is 11.1 Å². The number of carboxylic acids is 2. The van der Waals surface area contributed by atoms with Gasteiger partial charge in [0.1, 0.15) is 0 Å². The van der Waals surface area contributed by atoms with Gasteiger partial charge in [-0.05, 0) is 73.5 Å². The maximum absolute atomic E-state index is 13.0. The van der Waals surface area contributed by atoms with E-state index in [4.69, 9.17) is 23.2 Å². The van der Waals surface area contributed by atoms with Crippen molar-refractivity contribution in [1.82, 2.24) is 0 Å². The minimum absolute atomic E-state index is 0.0563. The number of carboxylic acid groups (broad SMARTS) is 2. The molecule has 0 aliphatic carbocycles. The lowest BCUT2D eigenvalue weighted by Crippen LogP contribution is -2.30. The van der Waals surface area contributed by atoms with E-state index in [1.807, 2.05) is 0 Å². The maximum atomic E-state index is 13.0. The zero-order valence-electron chi connectivity index (χ0n) is 24.6. The smallest absolute Gasteiger partial charge is 0.335 e. The van der Waals surface area contributed by atoms with Gasteiger partial charge in [-0.3, -0.25) is 30.0 Å². The second-order valence-electron chi connectivity index (χ2n) is 9.65. The Kier molecular flexibility index (Phi) is 11.3. The molecule has 3 rings (SSSR count). The molecule has 14 nitrogen and oxygen atoms in total. The van der Waals surface area contributed by atoms with Crippen LogP contribution in [0.4, 0.5) is 22.7 Å². The minimum atomic E-state index is -1.21. The second-order valence-corrected chi connectivity index (χ2v) is 10.5. The number of hydrogen-bond acceptors (Lipinski definition) is 10. The van der Waals surface area contributed by atoms with Crippen LogP contribution in [0.5, 0.6) is 0 Å². The summed E-state index contributed by atoms with van der Waals surface area (Å²) < 4.78 is 0. The molecule has 0 heterocycles. The lowest BCUT2D eigenvalue weighted by Gasteiger charge is -2.15. The molecule has 16 heteroatoms. The first-order valence-electron chi connectivity index (χ1n) is 13.1. The van der Waals surface area contributed by atoms with Gasteiger partial charge >= 0.3 is 11.9 Å². The predicted octanol–water partition coefficient (Wildman–Crippen LogP) is 5.00. The van der Waals surface area contributed by atoms with E-state index in [0.717, 1.165) is 13.8 Å². The van der Waals surface area contributed by atoms with Crippen molar-refractivity contribution in [2.45, 2.75) is 27.7 Å². The van der Waals surface area contributed by atoms with Crippen LogP contribution in [0.1, 0.15) is 45.7 Å². The highest BCUT2D eigenvalue weighted by atomic mass is 35.5. The van der Waals surface area contributed by atoms with Gasteiger partial charge in [0.25, 0.3) is 11.8 Å².